The number of amides is 2. The Morgan fingerprint density at radius 2 is 1.29 bits per heavy atom. The fourth-order valence-corrected chi connectivity index (χ4v) is 6.08. The Labute approximate surface area is 304 Å². The second kappa shape index (κ2) is 15.5. The Kier molecular flexibility index (Phi) is 11.1. The molecule has 0 fully saturated rings. The van der Waals surface area contributed by atoms with Crippen LogP contribution < -0.4 is 14.4 Å². The molecule has 1 heterocycles. The number of Topliss-reactive ketones (excluding diaryl/α,β-unsaturated/α-hetero) is 1. The van der Waals surface area contributed by atoms with Gasteiger partial charge in [-0.25, -0.2) is 4.90 Å². The van der Waals surface area contributed by atoms with Gasteiger partial charge < -0.3 is 14.6 Å². The van der Waals surface area contributed by atoms with Gasteiger partial charge in [0.1, 0.15) is 17.2 Å². The largest absolute Gasteiger partial charge is 0.497 e. The van der Waals surface area contributed by atoms with Crippen molar-refractivity contribution in [2.45, 2.75) is 53.4 Å². The molecule has 266 valence electrons. The van der Waals surface area contributed by atoms with Crippen molar-refractivity contribution in [2.75, 3.05) is 12.0 Å². The van der Waals surface area contributed by atoms with Crippen LogP contribution in [0.1, 0.15) is 86.6 Å². The maximum Gasteiger partial charge on any atom is 0.307 e. The average Bonchev–Trinajstić information content (AvgIpc) is 3.37. The van der Waals surface area contributed by atoms with E-state index in [2.05, 4.69) is 26.0 Å². The van der Waals surface area contributed by atoms with Crippen molar-refractivity contribution in [3.8, 4) is 17.2 Å². The van der Waals surface area contributed by atoms with E-state index in [0.29, 0.717) is 39.4 Å². The minimum absolute atomic E-state index is 0.0000463. The van der Waals surface area contributed by atoms with Crippen molar-refractivity contribution in [1.82, 2.24) is 0 Å². The van der Waals surface area contributed by atoms with Gasteiger partial charge in [0.05, 0.1) is 30.3 Å². The Morgan fingerprint density at radius 1 is 0.712 bits per heavy atom. The molecule has 2 amide bonds. The van der Waals surface area contributed by atoms with Crippen LogP contribution in [0.2, 0.25) is 0 Å². The molecule has 0 radical (unpaired) electrons. The molecule has 0 saturated carbocycles. The van der Waals surface area contributed by atoms with E-state index in [9.17, 15) is 19.2 Å². The summed E-state index contributed by atoms with van der Waals surface area (Å²) in [7, 11) is 1.66. The first-order valence-electron chi connectivity index (χ1n) is 17.1. The predicted octanol–water partition coefficient (Wildman–Crippen LogP) is 9.38. The summed E-state index contributed by atoms with van der Waals surface area (Å²) in [6, 6.07) is 33.7. The number of aliphatic carboxylic acids is 1. The zero-order chi connectivity index (χ0) is 37.7. The van der Waals surface area contributed by atoms with Crippen LogP contribution >= 0.6 is 0 Å². The number of imide groups is 1. The molecule has 0 bridgehead atoms. The lowest BCUT2D eigenvalue weighted by Gasteiger charge is -2.26. The summed E-state index contributed by atoms with van der Waals surface area (Å²) in [4.78, 5) is 49.8. The van der Waals surface area contributed by atoms with Crippen molar-refractivity contribution in [2.24, 2.45) is 5.92 Å². The minimum Gasteiger partial charge on any atom is -0.497 e. The van der Waals surface area contributed by atoms with Crippen LogP contribution in [0.25, 0.3) is 0 Å². The molecule has 52 heavy (non-hydrogen) atoms. The number of ether oxygens (including phenoxy) is 2. The average molecular weight is 698 g/mol. The monoisotopic (exact) mass is 697 g/mol. The fraction of sp³-hybridized carbons (Fsp3) is 0.227. The van der Waals surface area contributed by atoms with Gasteiger partial charge in [-0.1, -0.05) is 81.8 Å². The molecule has 5 aromatic rings. The number of carbonyl (C=O) groups excluding carboxylic acids is 3. The lowest BCUT2D eigenvalue weighted by atomic mass is 9.78. The second-order valence-corrected chi connectivity index (χ2v) is 13.7. The normalized spacial score (nSPS) is 12.3. The third kappa shape index (κ3) is 8.13. The zero-order valence-corrected chi connectivity index (χ0v) is 30.5. The number of carboxylic acid groups (broad SMARTS) is 1. The van der Waals surface area contributed by atoms with E-state index < -0.39 is 5.97 Å². The third-order valence-electron chi connectivity index (χ3n) is 9.14. The highest BCUT2D eigenvalue weighted by Crippen LogP contribution is 2.36. The van der Waals surface area contributed by atoms with Gasteiger partial charge in [0.25, 0.3) is 11.8 Å². The second-order valence-electron chi connectivity index (χ2n) is 13.7. The maximum atomic E-state index is 13.1. The molecule has 0 spiro atoms. The van der Waals surface area contributed by atoms with E-state index >= 15 is 0 Å². The number of hydrogen-bond donors (Lipinski definition) is 1. The van der Waals surface area contributed by atoms with Crippen LogP contribution in [-0.2, 0) is 16.6 Å². The Hall–Kier alpha value is -6.02. The number of rotatable bonds is 10. The molecule has 0 aromatic heterocycles. The number of ketones is 1. The van der Waals surface area contributed by atoms with Crippen LogP contribution in [0.5, 0.6) is 17.2 Å². The lowest BCUT2D eigenvalue weighted by molar-refractivity contribution is -0.136. The molecular formula is C44H43NO7. The van der Waals surface area contributed by atoms with E-state index in [1.54, 1.807) is 43.5 Å². The Morgan fingerprint density at radius 3 is 1.87 bits per heavy atom. The van der Waals surface area contributed by atoms with Crippen LogP contribution in [0.15, 0.2) is 109 Å². The molecule has 0 saturated heterocycles. The number of hydrogen-bond acceptors (Lipinski definition) is 6. The number of nitrogens with zero attached hydrogens (tertiary/aromatic N) is 1. The Balaban J connectivity index is 0.000000275. The molecule has 0 unspecified atom stereocenters. The van der Waals surface area contributed by atoms with E-state index in [-0.39, 0.29) is 35.4 Å². The molecule has 1 N–H and O–H groups in total. The van der Waals surface area contributed by atoms with Gasteiger partial charge in [0.2, 0.25) is 0 Å². The van der Waals surface area contributed by atoms with Crippen molar-refractivity contribution < 1.29 is 33.8 Å². The zero-order valence-electron chi connectivity index (χ0n) is 30.5. The van der Waals surface area contributed by atoms with Crippen LogP contribution in [-0.4, -0.2) is 35.8 Å². The summed E-state index contributed by atoms with van der Waals surface area (Å²) in [5, 5.41) is 8.77. The number of methoxy groups -OCH3 is 1. The molecule has 1 aliphatic heterocycles. The Bertz CT molecular complexity index is 2130. The molecular weight excluding hydrogens is 654 g/mol. The standard InChI is InChI=1S/C31H27NO4.C13H16O3/c1-20-6-5-7-23(18-20)32-29(33)27-17-16-26(19-28(27)30(32)34)36-25-14-10-22(11-15-25)31(2,3)21-8-12-24(35-4)13-9-21;1-8(2)13(16)11-6-9(3)4-5-10(11)7-12(14)15/h5-19H,1-4H3;4-6,8H,7H2,1-3H3,(H,14,15). The first-order chi connectivity index (χ1) is 24.7. The summed E-state index contributed by atoms with van der Waals surface area (Å²) >= 11 is 0. The first-order valence-corrected chi connectivity index (χ1v) is 17.1. The summed E-state index contributed by atoms with van der Waals surface area (Å²) in [6.07, 6.45) is -0.103. The lowest BCUT2D eigenvalue weighted by Crippen LogP contribution is -2.29. The van der Waals surface area contributed by atoms with Gasteiger partial charge in [0, 0.05) is 16.9 Å². The number of carbonyl (C=O) groups is 4. The van der Waals surface area contributed by atoms with E-state index in [1.165, 1.54) is 10.5 Å². The highest BCUT2D eigenvalue weighted by atomic mass is 16.5. The molecule has 6 rings (SSSR count). The fourth-order valence-electron chi connectivity index (χ4n) is 6.08. The topological polar surface area (TPSA) is 110 Å². The van der Waals surface area contributed by atoms with Crippen LogP contribution in [0.4, 0.5) is 5.69 Å². The van der Waals surface area contributed by atoms with Gasteiger partial charge >= 0.3 is 5.97 Å². The summed E-state index contributed by atoms with van der Waals surface area (Å²) < 4.78 is 11.3. The number of fused-ring (bicyclic) bond motifs is 1. The number of aryl methyl sites for hydroxylation is 2. The van der Waals surface area contributed by atoms with Gasteiger partial charge in [-0.15, -0.1) is 0 Å². The van der Waals surface area contributed by atoms with Crippen molar-refractivity contribution >= 4 is 29.3 Å². The number of benzene rings is 5. The summed E-state index contributed by atoms with van der Waals surface area (Å²) in [5.41, 5.74) is 6.49. The van der Waals surface area contributed by atoms with Crippen molar-refractivity contribution in [1.29, 1.82) is 0 Å². The van der Waals surface area contributed by atoms with E-state index in [1.807, 2.05) is 88.4 Å². The van der Waals surface area contributed by atoms with Crippen molar-refractivity contribution in [3.63, 3.8) is 0 Å². The van der Waals surface area contributed by atoms with Gasteiger partial charge in [-0.2, -0.15) is 0 Å². The van der Waals surface area contributed by atoms with Crippen LogP contribution in [0, 0.1) is 19.8 Å². The van der Waals surface area contributed by atoms with Gasteiger partial charge in [-0.3, -0.25) is 19.2 Å². The molecule has 8 heteroatoms. The van der Waals surface area contributed by atoms with E-state index in [4.69, 9.17) is 14.6 Å². The summed E-state index contributed by atoms with van der Waals surface area (Å²) in [6.45, 7) is 11.8. The minimum atomic E-state index is -0.915. The highest BCUT2D eigenvalue weighted by molar-refractivity contribution is 6.34. The molecule has 0 aliphatic carbocycles. The van der Waals surface area contributed by atoms with Gasteiger partial charge in [-0.05, 0) is 96.8 Å². The number of carboxylic acids is 1. The van der Waals surface area contributed by atoms with Gasteiger partial charge in [0.15, 0.2) is 5.78 Å². The maximum absolute atomic E-state index is 13.1. The quantitative estimate of drug-likeness (QED) is 0.114. The van der Waals surface area contributed by atoms with Crippen LogP contribution in [0.3, 0.4) is 0 Å². The molecule has 8 nitrogen and oxygen atoms in total. The van der Waals surface area contributed by atoms with E-state index in [0.717, 1.165) is 22.4 Å². The smallest absolute Gasteiger partial charge is 0.307 e. The third-order valence-corrected chi connectivity index (χ3v) is 9.14. The predicted molar refractivity (Wildman–Crippen MR) is 202 cm³/mol. The molecule has 5 aromatic carbocycles. The van der Waals surface area contributed by atoms with Crippen molar-refractivity contribution in [3.05, 3.63) is 154 Å². The first kappa shape index (κ1) is 37.2. The molecule has 0 atom stereocenters. The number of anilines is 1. The summed E-state index contributed by atoms with van der Waals surface area (Å²) in [5.74, 6) is 0.283. The SMILES string of the molecule is COc1ccc(C(C)(C)c2ccc(Oc3ccc4c(c3)C(=O)N(c3cccc(C)c3)C4=O)cc2)cc1.Cc1ccc(CC(=O)O)c(C(=O)C(C)C)c1. The highest BCUT2D eigenvalue weighted by Gasteiger charge is 2.37. The molecule has 1 aliphatic rings.